The van der Waals surface area contributed by atoms with Crippen LogP contribution >= 0.6 is 0 Å². The highest BCUT2D eigenvalue weighted by atomic mass is 19.1. The first-order valence-electron chi connectivity index (χ1n) is 10.4. The summed E-state index contributed by atoms with van der Waals surface area (Å²) in [4.78, 5) is 30.6. The van der Waals surface area contributed by atoms with Crippen molar-refractivity contribution in [1.82, 2.24) is 15.2 Å². The summed E-state index contributed by atoms with van der Waals surface area (Å²) in [5.74, 6) is -0.496. The molecule has 0 radical (unpaired) electrons. The van der Waals surface area contributed by atoms with Crippen molar-refractivity contribution < 1.29 is 18.7 Å². The van der Waals surface area contributed by atoms with Crippen LogP contribution in [0.15, 0.2) is 48.7 Å². The van der Waals surface area contributed by atoms with Crippen LogP contribution in [0.5, 0.6) is 0 Å². The van der Waals surface area contributed by atoms with E-state index in [0.29, 0.717) is 30.9 Å². The smallest absolute Gasteiger partial charge is 0.269 e. The van der Waals surface area contributed by atoms with Crippen LogP contribution < -0.4 is 5.32 Å². The zero-order chi connectivity index (χ0) is 21.0. The highest BCUT2D eigenvalue weighted by molar-refractivity contribution is 5.92. The summed E-state index contributed by atoms with van der Waals surface area (Å²) in [5, 5.41) is 2.90. The van der Waals surface area contributed by atoms with Gasteiger partial charge in [-0.15, -0.1) is 0 Å². The number of carbonyl (C=O) groups is 2. The Labute approximate surface area is 175 Å². The van der Waals surface area contributed by atoms with Crippen LogP contribution in [0.3, 0.4) is 0 Å². The van der Waals surface area contributed by atoms with Gasteiger partial charge in [-0.2, -0.15) is 0 Å². The van der Waals surface area contributed by atoms with Gasteiger partial charge in [0.2, 0.25) is 5.91 Å². The third-order valence-electron chi connectivity index (χ3n) is 6.00. The molecule has 2 saturated heterocycles. The Kier molecular flexibility index (Phi) is 6.08. The van der Waals surface area contributed by atoms with Crippen LogP contribution in [0, 0.1) is 5.82 Å². The summed E-state index contributed by atoms with van der Waals surface area (Å²) in [6.07, 6.45) is 5.18. The van der Waals surface area contributed by atoms with Gasteiger partial charge in [0, 0.05) is 25.8 Å². The number of hydrogen-bond acceptors (Lipinski definition) is 4. The molecule has 0 bridgehead atoms. The first-order valence-corrected chi connectivity index (χ1v) is 10.4. The van der Waals surface area contributed by atoms with Crippen LogP contribution in [0.1, 0.15) is 41.7 Å². The van der Waals surface area contributed by atoms with Crippen LogP contribution in [0.2, 0.25) is 0 Å². The fourth-order valence-corrected chi connectivity index (χ4v) is 4.30. The van der Waals surface area contributed by atoms with Gasteiger partial charge >= 0.3 is 0 Å². The number of carbonyl (C=O) groups excluding carboxylic acids is 2. The van der Waals surface area contributed by atoms with Gasteiger partial charge in [-0.25, -0.2) is 4.39 Å². The van der Waals surface area contributed by atoms with E-state index in [0.717, 1.165) is 25.7 Å². The minimum Gasteiger partial charge on any atom is -0.370 e. The maximum absolute atomic E-state index is 13.3. The Hall–Kier alpha value is -2.80. The molecule has 3 heterocycles. The molecule has 30 heavy (non-hydrogen) atoms. The van der Waals surface area contributed by atoms with Crippen LogP contribution in [0.4, 0.5) is 4.39 Å². The number of amides is 2. The van der Waals surface area contributed by atoms with E-state index < -0.39 is 0 Å². The Morgan fingerprint density at radius 3 is 2.73 bits per heavy atom. The maximum atomic E-state index is 13.3. The van der Waals surface area contributed by atoms with E-state index in [1.807, 2.05) is 4.90 Å². The summed E-state index contributed by atoms with van der Waals surface area (Å²) in [6.45, 7) is 1.74. The van der Waals surface area contributed by atoms with Crippen molar-refractivity contribution in [2.45, 2.75) is 43.8 Å². The first kappa shape index (κ1) is 20.5. The highest BCUT2D eigenvalue weighted by Gasteiger charge is 2.43. The predicted molar refractivity (Wildman–Crippen MR) is 109 cm³/mol. The van der Waals surface area contributed by atoms with Gasteiger partial charge < -0.3 is 15.0 Å². The Bertz CT molecular complexity index is 898. The van der Waals surface area contributed by atoms with Crippen LogP contribution in [-0.4, -0.2) is 53.0 Å². The molecule has 1 atom stereocenters. The third-order valence-corrected chi connectivity index (χ3v) is 6.00. The average molecular weight is 411 g/mol. The summed E-state index contributed by atoms with van der Waals surface area (Å²) in [7, 11) is 0. The van der Waals surface area contributed by atoms with Crippen molar-refractivity contribution in [3.05, 3.63) is 65.7 Å². The number of benzene rings is 1. The summed E-state index contributed by atoms with van der Waals surface area (Å²) in [6, 6.07) is 11.4. The lowest BCUT2D eigenvalue weighted by Gasteiger charge is -2.39. The lowest BCUT2D eigenvalue weighted by Crippen LogP contribution is -2.47. The molecule has 1 aromatic carbocycles. The fraction of sp³-hybridized carbons (Fsp3) is 0.435. The molecule has 7 heteroatoms. The SMILES string of the molecule is O=C(NC[C@H]1CCC2(CCN(C(=O)Cc3cccc(F)c3)CC2)O1)c1ccccn1. The molecule has 2 fully saturated rings. The average Bonchev–Trinajstić information content (AvgIpc) is 3.15. The summed E-state index contributed by atoms with van der Waals surface area (Å²) < 4.78 is 19.7. The number of pyridine rings is 1. The maximum Gasteiger partial charge on any atom is 0.269 e. The monoisotopic (exact) mass is 411 g/mol. The zero-order valence-corrected chi connectivity index (χ0v) is 16.9. The molecule has 0 unspecified atom stereocenters. The Morgan fingerprint density at radius 2 is 2.00 bits per heavy atom. The molecule has 0 aliphatic carbocycles. The molecule has 2 aromatic rings. The van der Waals surface area contributed by atoms with Gasteiger partial charge in [0.15, 0.2) is 0 Å². The van der Waals surface area contributed by atoms with Crippen molar-refractivity contribution in [3.63, 3.8) is 0 Å². The van der Waals surface area contributed by atoms with Crippen molar-refractivity contribution >= 4 is 11.8 Å². The number of likely N-dealkylation sites (tertiary alicyclic amines) is 1. The molecular weight excluding hydrogens is 385 g/mol. The lowest BCUT2D eigenvalue weighted by atomic mass is 9.88. The van der Waals surface area contributed by atoms with E-state index >= 15 is 0 Å². The number of ether oxygens (including phenoxy) is 1. The van der Waals surface area contributed by atoms with E-state index in [-0.39, 0.29) is 35.8 Å². The number of halogens is 1. The van der Waals surface area contributed by atoms with E-state index in [9.17, 15) is 14.0 Å². The zero-order valence-electron chi connectivity index (χ0n) is 16.9. The number of nitrogens with zero attached hydrogens (tertiary/aromatic N) is 2. The molecule has 4 rings (SSSR count). The van der Waals surface area contributed by atoms with Gasteiger partial charge in [-0.3, -0.25) is 14.6 Å². The number of rotatable bonds is 5. The molecule has 0 saturated carbocycles. The second-order valence-corrected chi connectivity index (χ2v) is 8.07. The number of nitrogens with one attached hydrogen (secondary N) is 1. The Morgan fingerprint density at radius 1 is 1.17 bits per heavy atom. The summed E-state index contributed by atoms with van der Waals surface area (Å²) in [5.41, 5.74) is 0.882. The number of aromatic nitrogens is 1. The van der Waals surface area contributed by atoms with Crippen molar-refractivity contribution in [2.75, 3.05) is 19.6 Å². The number of hydrogen-bond donors (Lipinski definition) is 1. The van der Waals surface area contributed by atoms with E-state index in [2.05, 4.69) is 10.3 Å². The second-order valence-electron chi connectivity index (χ2n) is 8.07. The minimum atomic E-state index is -0.321. The fourth-order valence-electron chi connectivity index (χ4n) is 4.30. The van der Waals surface area contributed by atoms with Gasteiger partial charge in [0.1, 0.15) is 11.5 Å². The van der Waals surface area contributed by atoms with Crippen LogP contribution in [0.25, 0.3) is 0 Å². The molecular formula is C23H26FN3O3. The highest BCUT2D eigenvalue weighted by Crippen LogP contribution is 2.38. The quantitative estimate of drug-likeness (QED) is 0.821. The minimum absolute atomic E-state index is 0.0209. The second kappa shape index (κ2) is 8.92. The van der Waals surface area contributed by atoms with Gasteiger partial charge in [0.05, 0.1) is 18.1 Å². The first-order chi connectivity index (χ1) is 14.5. The molecule has 2 aliphatic heterocycles. The van der Waals surface area contributed by atoms with E-state index in [1.165, 1.54) is 12.1 Å². The van der Waals surface area contributed by atoms with Crippen LogP contribution in [-0.2, 0) is 16.0 Å². The van der Waals surface area contributed by atoms with Crippen molar-refractivity contribution in [1.29, 1.82) is 0 Å². The van der Waals surface area contributed by atoms with Crippen molar-refractivity contribution in [2.24, 2.45) is 0 Å². The Balaban J connectivity index is 1.23. The third kappa shape index (κ3) is 4.84. The largest absolute Gasteiger partial charge is 0.370 e. The molecule has 1 spiro atoms. The van der Waals surface area contributed by atoms with Gasteiger partial charge in [0.25, 0.3) is 5.91 Å². The lowest BCUT2D eigenvalue weighted by molar-refractivity contribution is -0.136. The van der Waals surface area contributed by atoms with Crippen molar-refractivity contribution in [3.8, 4) is 0 Å². The molecule has 6 nitrogen and oxygen atoms in total. The standard InChI is InChI=1S/C23H26FN3O3/c24-18-5-3-4-17(14-18)15-21(28)27-12-9-23(10-13-27)8-7-19(30-23)16-26-22(29)20-6-1-2-11-25-20/h1-6,11,14,19H,7-10,12-13,15-16H2,(H,26,29)/t19-/m1/s1. The molecule has 2 amide bonds. The normalized spacial score (nSPS) is 20.3. The van der Waals surface area contributed by atoms with Gasteiger partial charge in [-0.05, 0) is 55.5 Å². The molecule has 1 N–H and O–H groups in total. The molecule has 2 aliphatic rings. The topological polar surface area (TPSA) is 71.5 Å². The number of piperidine rings is 1. The molecule has 158 valence electrons. The summed E-state index contributed by atoms with van der Waals surface area (Å²) >= 11 is 0. The van der Waals surface area contributed by atoms with E-state index in [1.54, 1.807) is 36.5 Å². The van der Waals surface area contributed by atoms with Gasteiger partial charge in [-0.1, -0.05) is 18.2 Å². The van der Waals surface area contributed by atoms with E-state index in [4.69, 9.17) is 4.74 Å². The predicted octanol–water partition coefficient (Wildman–Crippen LogP) is 2.73. The molecule has 1 aromatic heterocycles.